The summed E-state index contributed by atoms with van der Waals surface area (Å²) in [4.78, 5) is 0. The first kappa shape index (κ1) is 13.9. The lowest BCUT2D eigenvalue weighted by atomic mass is 9.79. The van der Waals surface area contributed by atoms with Crippen LogP contribution in [0.4, 0.5) is 0 Å². The van der Waals surface area contributed by atoms with E-state index in [0.717, 1.165) is 30.6 Å². The Kier molecular flexibility index (Phi) is 5.31. The standard InChI is InChI=1S/C14H18ClNO/c1-14(11-16,8-3-4-9-15)12-6-5-7-13(10-12)17-2/h5-7,10H,3-4,8-9H2,1-2H3. The largest absolute Gasteiger partial charge is 0.497 e. The van der Waals surface area contributed by atoms with Crippen molar-refractivity contribution in [3.8, 4) is 11.8 Å². The van der Waals surface area contributed by atoms with Crippen molar-refractivity contribution in [3.05, 3.63) is 29.8 Å². The zero-order valence-corrected chi connectivity index (χ0v) is 11.1. The maximum absolute atomic E-state index is 9.38. The van der Waals surface area contributed by atoms with E-state index in [9.17, 15) is 5.26 Å². The second-order valence-corrected chi connectivity index (χ2v) is 4.70. The van der Waals surface area contributed by atoms with E-state index in [1.807, 2.05) is 31.2 Å². The van der Waals surface area contributed by atoms with Crippen LogP contribution in [0, 0.1) is 11.3 Å². The third-order valence-corrected chi connectivity index (χ3v) is 3.28. The first-order valence-electron chi connectivity index (χ1n) is 5.78. The average molecular weight is 252 g/mol. The molecule has 2 nitrogen and oxygen atoms in total. The summed E-state index contributed by atoms with van der Waals surface area (Å²) in [5.74, 6) is 1.45. The van der Waals surface area contributed by atoms with E-state index < -0.39 is 5.41 Å². The molecule has 1 aromatic rings. The van der Waals surface area contributed by atoms with Crippen molar-refractivity contribution in [3.63, 3.8) is 0 Å². The average Bonchev–Trinajstić information content (AvgIpc) is 2.39. The summed E-state index contributed by atoms with van der Waals surface area (Å²) in [6.07, 6.45) is 2.73. The smallest absolute Gasteiger partial charge is 0.119 e. The van der Waals surface area contributed by atoms with Crippen molar-refractivity contribution in [1.29, 1.82) is 5.26 Å². The summed E-state index contributed by atoms with van der Waals surface area (Å²) in [5.41, 5.74) is 0.551. The number of unbranched alkanes of at least 4 members (excludes halogenated alkanes) is 1. The van der Waals surface area contributed by atoms with Gasteiger partial charge in [0.15, 0.2) is 0 Å². The van der Waals surface area contributed by atoms with E-state index in [1.54, 1.807) is 7.11 Å². The predicted octanol–water partition coefficient (Wildman–Crippen LogP) is 3.89. The number of nitriles is 1. The van der Waals surface area contributed by atoms with Crippen molar-refractivity contribution in [1.82, 2.24) is 0 Å². The maximum atomic E-state index is 9.38. The first-order chi connectivity index (χ1) is 8.16. The molecule has 0 aliphatic rings. The highest BCUT2D eigenvalue weighted by molar-refractivity contribution is 6.17. The van der Waals surface area contributed by atoms with Crippen molar-refractivity contribution in [2.24, 2.45) is 0 Å². The summed E-state index contributed by atoms with van der Waals surface area (Å²) in [7, 11) is 1.64. The van der Waals surface area contributed by atoms with Gasteiger partial charge in [-0.05, 0) is 37.5 Å². The molecule has 0 saturated heterocycles. The third kappa shape index (κ3) is 3.64. The van der Waals surface area contributed by atoms with Gasteiger partial charge in [-0.2, -0.15) is 5.26 Å². The fraction of sp³-hybridized carbons (Fsp3) is 0.500. The van der Waals surface area contributed by atoms with E-state index in [0.29, 0.717) is 5.88 Å². The van der Waals surface area contributed by atoms with Crippen LogP contribution in [-0.4, -0.2) is 13.0 Å². The molecule has 0 N–H and O–H groups in total. The topological polar surface area (TPSA) is 33.0 Å². The van der Waals surface area contributed by atoms with Crippen LogP contribution in [0.2, 0.25) is 0 Å². The molecule has 92 valence electrons. The molecule has 0 amide bonds. The molecule has 1 unspecified atom stereocenters. The second kappa shape index (κ2) is 6.51. The summed E-state index contributed by atoms with van der Waals surface area (Å²) in [6.45, 7) is 1.97. The molecule has 3 heteroatoms. The molecular formula is C14H18ClNO. The lowest BCUT2D eigenvalue weighted by molar-refractivity contribution is 0.412. The number of rotatable bonds is 6. The minimum Gasteiger partial charge on any atom is -0.497 e. The number of hydrogen-bond acceptors (Lipinski definition) is 2. The first-order valence-corrected chi connectivity index (χ1v) is 6.31. The van der Waals surface area contributed by atoms with Gasteiger partial charge in [-0.15, -0.1) is 11.6 Å². The Morgan fingerprint density at radius 1 is 1.41 bits per heavy atom. The minimum atomic E-state index is -0.458. The lowest BCUT2D eigenvalue weighted by Crippen LogP contribution is -2.19. The van der Waals surface area contributed by atoms with Gasteiger partial charge in [-0.1, -0.05) is 18.6 Å². The Morgan fingerprint density at radius 3 is 2.76 bits per heavy atom. The monoisotopic (exact) mass is 251 g/mol. The fourth-order valence-electron chi connectivity index (χ4n) is 1.80. The van der Waals surface area contributed by atoms with Crippen molar-refractivity contribution < 1.29 is 4.74 Å². The van der Waals surface area contributed by atoms with Gasteiger partial charge in [0.2, 0.25) is 0 Å². The number of hydrogen-bond donors (Lipinski definition) is 0. The predicted molar refractivity (Wildman–Crippen MR) is 70.5 cm³/mol. The number of nitrogens with zero attached hydrogens (tertiary/aromatic N) is 1. The molecule has 0 spiro atoms. The Bertz CT molecular complexity index is 399. The van der Waals surface area contributed by atoms with Crippen LogP contribution in [0.1, 0.15) is 31.7 Å². The van der Waals surface area contributed by atoms with Crippen LogP contribution >= 0.6 is 11.6 Å². The maximum Gasteiger partial charge on any atom is 0.119 e. The van der Waals surface area contributed by atoms with Gasteiger partial charge in [0, 0.05) is 5.88 Å². The molecule has 0 aliphatic carbocycles. The zero-order chi connectivity index (χ0) is 12.7. The summed E-state index contributed by atoms with van der Waals surface area (Å²) in [6, 6.07) is 10.1. The molecular weight excluding hydrogens is 234 g/mol. The second-order valence-electron chi connectivity index (χ2n) is 4.32. The number of halogens is 1. The lowest BCUT2D eigenvalue weighted by Gasteiger charge is -2.22. The molecule has 17 heavy (non-hydrogen) atoms. The summed E-state index contributed by atoms with van der Waals surface area (Å²) < 4.78 is 5.19. The normalized spacial score (nSPS) is 13.8. The van der Waals surface area contributed by atoms with Crippen molar-refractivity contribution in [2.75, 3.05) is 13.0 Å². The number of alkyl halides is 1. The van der Waals surface area contributed by atoms with E-state index in [2.05, 4.69) is 6.07 Å². The van der Waals surface area contributed by atoms with Gasteiger partial charge >= 0.3 is 0 Å². The highest BCUT2D eigenvalue weighted by Gasteiger charge is 2.26. The Hall–Kier alpha value is -1.20. The van der Waals surface area contributed by atoms with Gasteiger partial charge in [0.25, 0.3) is 0 Å². The van der Waals surface area contributed by atoms with Crippen molar-refractivity contribution in [2.45, 2.75) is 31.6 Å². The quantitative estimate of drug-likeness (QED) is 0.568. The van der Waals surface area contributed by atoms with Crippen LogP contribution in [0.3, 0.4) is 0 Å². The molecule has 1 aromatic carbocycles. The van der Waals surface area contributed by atoms with E-state index in [1.165, 1.54) is 0 Å². The highest BCUT2D eigenvalue weighted by Crippen LogP contribution is 2.31. The van der Waals surface area contributed by atoms with E-state index in [-0.39, 0.29) is 0 Å². The van der Waals surface area contributed by atoms with Crippen LogP contribution in [0.15, 0.2) is 24.3 Å². The van der Waals surface area contributed by atoms with Gasteiger partial charge < -0.3 is 4.74 Å². The molecule has 0 heterocycles. The molecule has 0 fully saturated rings. The molecule has 1 rings (SSSR count). The molecule has 0 bridgehead atoms. The van der Waals surface area contributed by atoms with Crippen LogP contribution < -0.4 is 4.74 Å². The number of benzene rings is 1. The van der Waals surface area contributed by atoms with Crippen LogP contribution in [-0.2, 0) is 5.41 Å². The van der Waals surface area contributed by atoms with Crippen LogP contribution in [0.25, 0.3) is 0 Å². The fourth-order valence-corrected chi connectivity index (χ4v) is 1.99. The molecule has 1 atom stereocenters. The van der Waals surface area contributed by atoms with E-state index >= 15 is 0 Å². The van der Waals surface area contributed by atoms with Gasteiger partial charge in [0.1, 0.15) is 5.75 Å². The summed E-state index contributed by atoms with van der Waals surface area (Å²) >= 11 is 5.66. The molecule has 0 aliphatic heterocycles. The molecule has 0 saturated carbocycles. The van der Waals surface area contributed by atoms with Crippen LogP contribution in [0.5, 0.6) is 5.75 Å². The Balaban J connectivity index is 2.87. The zero-order valence-electron chi connectivity index (χ0n) is 10.4. The minimum absolute atomic E-state index is 0.458. The van der Waals surface area contributed by atoms with Gasteiger partial charge in [0.05, 0.1) is 18.6 Å². The Morgan fingerprint density at radius 2 is 2.18 bits per heavy atom. The number of methoxy groups -OCH3 is 1. The van der Waals surface area contributed by atoms with Gasteiger partial charge in [-0.3, -0.25) is 0 Å². The van der Waals surface area contributed by atoms with E-state index in [4.69, 9.17) is 16.3 Å². The third-order valence-electron chi connectivity index (χ3n) is 3.01. The molecule has 0 radical (unpaired) electrons. The van der Waals surface area contributed by atoms with Crippen molar-refractivity contribution >= 4 is 11.6 Å². The summed E-state index contributed by atoms with van der Waals surface area (Å²) in [5, 5.41) is 9.38. The SMILES string of the molecule is COc1cccc(C(C)(C#N)CCCCCl)c1. The Labute approximate surface area is 108 Å². The highest BCUT2D eigenvalue weighted by atomic mass is 35.5. The molecule has 0 aromatic heterocycles. The number of ether oxygens (including phenoxy) is 1. The van der Waals surface area contributed by atoms with Gasteiger partial charge in [-0.25, -0.2) is 0 Å².